The first-order chi connectivity index (χ1) is 14.8. The zero-order chi connectivity index (χ0) is 24.8. The molecule has 0 heterocycles. The van der Waals surface area contributed by atoms with E-state index < -0.39 is 33.4 Å². The Hall–Kier alpha value is -1.60. The second kappa shape index (κ2) is 16.9. The zero-order valence-corrected chi connectivity index (χ0v) is 21.1. The van der Waals surface area contributed by atoms with Gasteiger partial charge in [0.2, 0.25) is 0 Å². The zero-order valence-electron chi connectivity index (χ0n) is 21.3. The molecule has 0 aliphatic heterocycles. The van der Waals surface area contributed by atoms with Gasteiger partial charge < -0.3 is 15.6 Å². The van der Waals surface area contributed by atoms with Gasteiger partial charge in [0, 0.05) is 11.1 Å². The van der Waals surface area contributed by atoms with Crippen molar-refractivity contribution in [1.29, 1.82) is 0 Å². The molecule has 0 aromatic heterocycles. The maximum Gasteiger partial charge on any atom is 1.00 e. The predicted molar refractivity (Wildman–Crippen MR) is 120 cm³/mol. The second-order valence-corrected chi connectivity index (χ2v) is 9.51. The van der Waals surface area contributed by atoms with E-state index in [2.05, 4.69) is 13.2 Å². The Balaban J connectivity index is -0.00000480. The third-order valence-electron chi connectivity index (χ3n) is 4.63. The summed E-state index contributed by atoms with van der Waals surface area (Å²) >= 11 is 0. The SMILES string of the molecule is C=C(C)C(=O)OCC(CCCC)(COC(=O)C(=C)C)C(=O)OCCCCCCS(=O)(=O)O.[H-].[Li+]. The number of carbonyl (C=O) groups is 3. The van der Waals surface area contributed by atoms with Crippen LogP contribution in [0.2, 0.25) is 0 Å². The smallest absolute Gasteiger partial charge is 1.00 e. The monoisotopic (exact) mass is 484 g/mol. The van der Waals surface area contributed by atoms with Crippen LogP contribution in [0.4, 0.5) is 0 Å². The first-order valence-corrected chi connectivity index (χ1v) is 12.2. The number of carbonyl (C=O) groups excluding carboxylic acids is 3. The maximum atomic E-state index is 13.0. The Morgan fingerprint density at radius 3 is 1.79 bits per heavy atom. The van der Waals surface area contributed by atoms with Crippen molar-refractivity contribution in [2.24, 2.45) is 5.41 Å². The summed E-state index contributed by atoms with van der Waals surface area (Å²) in [5.41, 5.74) is -1.02. The first-order valence-electron chi connectivity index (χ1n) is 10.6. The van der Waals surface area contributed by atoms with Gasteiger partial charge >= 0.3 is 36.8 Å². The largest absolute Gasteiger partial charge is 1.00 e. The summed E-state index contributed by atoms with van der Waals surface area (Å²) in [6.45, 7) is 11.4. The van der Waals surface area contributed by atoms with E-state index in [9.17, 15) is 22.8 Å². The van der Waals surface area contributed by atoms with Crippen molar-refractivity contribution in [3.05, 3.63) is 24.3 Å². The number of esters is 3. The van der Waals surface area contributed by atoms with Crippen LogP contribution in [-0.4, -0.2) is 56.5 Å². The summed E-state index contributed by atoms with van der Waals surface area (Å²) in [5, 5.41) is 0. The van der Waals surface area contributed by atoms with E-state index in [4.69, 9.17) is 18.8 Å². The van der Waals surface area contributed by atoms with Gasteiger partial charge in [0.25, 0.3) is 10.1 Å². The third-order valence-corrected chi connectivity index (χ3v) is 5.43. The van der Waals surface area contributed by atoms with E-state index >= 15 is 0 Å². The molecule has 33 heavy (non-hydrogen) atoms. The number of hydrogen-bond donors (Lipinski definition) is 1. The number of ether oxygens (including phenoxy) is 3. The van der Waals surface area contributed by atoms with E-state index in [0.29, 0.717) is 32.1 Å². The van der Waals surface area contributed by atoms with E-state index in [1.165, 1.54) is 13.8 Å². The van der Waals surface area contributed by atoms with Crippen LogP contribution in [-0.2, 0) is 38.7 Å². The van der Waals surface area contributed by atoms with Crippen LogP contribution in [0.1, 0.15) is 67.1 Å². The second-order valence-electron chi connectivity index (χ2n) is 7.93. The predicted octanol–water partition coefficient (Wildman–Crippen LogP) is 0.510. The number of hydrogen-bond acceptors (Lipinski definition) is 8. The topological polar surface area (TPSA) is 133 Å². The van der Waals surface area contributed by atoms with Gasteiger partial charge in [-0.2, -0.15) is 8.42 Å². The maximum absolute atomic E-state index is 13.0. The molecule has 0 atom stereocenters. The van der Waals surface area contributed by atoms with Crippen LogP contribution < -0.4 is 18.9 Å². The summed E-state index contributed by atoms with van der Waals surface area (Å²) in [5.74, 6) is -2.28. The van der Waals surface area contributed by atoms with Gasteiger partial charge in [0.05, 0.1) is 12.4 Å². The molecule has 0 aliphatic carbocycles. The van der Waals surface area contributed by atoms with Gasteiger partial charge in [-0.1, -0.05) is 45.8 Å². The van der Waals surface area contributed by atoms with E-state index in [-0.39, 0.29) is 63.4 Å². The van der Waals surface area contributed by atoms with Gasteiger partial charge in [-0.15, -0.1) is 0 Å². The molecule has 0 saturated heterocycles. The molecule has 11 heteroatoms. The third kappa shape index (κ3) is 15.0. The Labute approximate surface area is 210 Å². The minimum atomic E-state index is -3.98. The number of unbranched alkanes of at least 4 members (excludes halogenated alkanes) is 4. The quantitative estimate of drug-likeness (QED) is 0.0783. The minimum absolute atomic E-state index is 0. The fraction of sp³-hybridized carbons (Fsp3) is 0.682. The average Bonchev–Trinajstić information content (AvgIpc) is 2.70. The molecule has 0 unspecified atom stereocenters. The van der Waals surface area contributed by atoms with Crippen molar-refractivity contribution < 1.29 is 61.9 Å². The molecule has 0 fully saturated rings. The van der Waals surface area contributed by atoms with Crippen molar-refractivity contribution in [3.63, 3.8) is 0 Å². The molecule has 1 N–H and O–H groups in total. The summed E-state index contributed by atoms with van der Waals surface area (Å²) in [4.78, 5) is 36.8. The summed E-state index contributed by atoms with van der Waals surface area (Å²) < 4.78 is 46.0. The molecular weight excluding hydrogens is 447 g/mol. The molecule has 186 valence electrons. The van der Waals surface area contributed by atoms with Crippen molar-refractivity contribution in [1.82, 2.24) is 0 Å². The molecule has 0 radical (unpaired) electrons. The fourth-order valence-electron chi connectivity index (χ4n) is 2.63. The molecule has 0 rings (SSSR count). The molecule has 0 aromatic carbocycles. The van der Waals surface area contributed by atoms with Crippen LogP contribution in [0.15, 0.2) is 24.3 Å². The van der Waals surface area contributed by atoms with Crippen LogP contribution >= 0.6 is 0 Å². The minimum Gasteiger partial charge on any atom is -1.00 e. The molecule has 0 aliphatic rings. The van der Waals surface area contributed by atoms with Gasteiger partial charge in [-0.25, -0.2) is 9.59 Å². The Morgan fingerprint density at radius 1 is 0.879 bits per heavy atom. The van der Waals surface area contributed by atoms with E-state index in [1.54, 1.807) is 0 Å². The van der Waals surface area contributed by atoms with Gasteiger partial charge in [0.1, 0.15) is 18.6 Å². The molecule has 0 bridgehead atoms. The van der Waals surface area contributed by atoms with Crippen LogP contribution in [0.5, 0.6) is 0 Å². The van der Waals surface area contributed by atoms with Crippen molar-refractivity contribution in [2.45, 2.75) is 65.7 Å². The summed E-state index contributed by atoms with van der Waals surface area (Å²) in [7, 11) is -3.98. The molecule has 0 aromatic rings. The summed E-state index contributed by atoms with van der Waals surface area (Å²) in [6, 6.07) is 0. The first kappa shape index (κ1) is 33.6. The Morgan fingerprint density at radius 2 is 1.36 bits per heavy atom. The van der Waals surface area contributed by atoms with Gasteiger partial charge in [-0.05, 0) is 33.1 Å². The molecule has 9 nitrogen and oxygen atoms in total. The standard InChI is InChI=1S/C22H36O9S.Li.H/c1-6-7-12-22(15-30-19(23)17(2)3,16-31-20(24)18(4)5)21(25)29-13-10-8-9-11-14-32(26,27)28;;/h2,4,6-16H2,1,3,5H3,(H,26,27,28);;/q;+1;-1. The summed E-state index contributed by atoms with van der Waals surface area (Å²) in [6.07, 6.45) is 3.58. The Bertz CT molecular complexity index is 751. The molecule has 0 saturated carbocycles. The fourth-order valence-corrected chi connectivity index (χ4v) is 3.20. The molecule has 0 spiro atoms. The van der Waals surface area contributed by atoms with Gasteiger partial charge in [0.15, 0.2) is 0 Å². The normalized spacial score (nSPS) is 11.2. The van der Waals surface area contributed by atoms with Crippen molar-refractivity contribution in [3.8, 4) is 0 Å². The van der Waals surface area contributed by atoms with Crippen LogP contribution in [0.25, 0.3) is 0 Å². The van der Waals surface area contributed by atoms with E-state index in [1.807, 2.05) is 6.92 Å². The van der Waals surface area contributed by atoms with Crippen LogP contribution in [0.3, 0.4) is 0 Å². The Kier molecular flexibility index (Phi) is 17.2. The average molecular weight is 485 g/mol. The molecule has 0 amide bonds. The van der Waals surface area contributed by atoms with Crippen molar-refractivity contribution in [2.75, 3.05) is 25.6 Å². The van der Waals surface area contributed by atoms with E-state index in [0.717, 1.165) is 6.42 Å². The van der Waals surface area contributed by atoms with Crippen molar-refractivity contribution >= 4 is 28.0 Å². The van der Waals surface area contributed by atoms with Crippen LogP contribution in [0, 0.1) is 5.41 Å². The number of rotatable bonds is 17. The molecular formula is C22H37LiO9S. The van der Waals surface area contributed by atoms with Gasteiger partial charge in [-0.3, -0.25) is 9.35 Å².